The Bertz CT molecular complexity index is 799. The average molecular weight is 386 g/mol. The van der Waals surface area contributed by atoms with Crippen molar-refractivity contribution in [2.45, 2.75) is 45.3 Å². The van der Waals surface area contributed by atoms with Crippen molar-refractivity contribution in [3.8, 4) is 0 Å². The minimum atomic E-state index is -0.150. The van der Waals surface area contributed by atoms with Gasteiger partial charge < -0.3 is 9.64 Å². The Labute approximate surface area is 165 Å². The van der Waals surface area contributed by atoms with E-state index in [9.17, 15) is 9.59 Å². The summed E-state index contributed by atoms with van der Waals surface area (Å²) in [5, 5.41) is 0.688. The van der Waals surface area contributed by atoms with Gasteiger partial charge >= 0.3 is 0 Å². The van der Waals surface area contributed by atoms with Crippen molar-refractivity contribution < 1.29 is 14.3 Å². The molecule has 27 heavy (non-hydrogen) atoms. The van der Waals surface area contributed by atoms with Gasteiger partial charge in [-0.2, -0.15) is 0 Å². The van der Waals surface area contributed by atoms with Crippen LogP contribution in [0, 0.1) is 13.8 Å². The molecule has 0 spiro atoms. The number of hydrogen-bond donors (Lipinski definition) is 0. The summed E-state index contributed by atoms with van der Waals surface area (Å²) in [5.41, 5.74) is 3.97. The highest BCUT2D eigenvalue weighted by atomic mass is 35.5. The Hall–Kier alpha value is -2.33. The molecule has 4 nitrogen and oxygen atoms in total. The molecule has 1 aliphatic rings. The second-order valence-corrected chi connectivity index (χ2v) is 7.67. The highest BCUT2D eigenvalue weighted by Gasteiger charge is 2.33. The molecule has 142 valence electrons. The van der Waals surface area contributed by atoms with Gasteiger partial charge in [-0.25, -0.2) is 0 Å². The Morgan fingerprint density at radius 2 is 1.85 bits per heavy atom. The minimum Gasteiger partial charge on any atom is -0.464 e. The lowest BCUT2D eigenvalue weighted by molar-refractivity contribution is -0.136. The van der Waals surface area contributed by atoms with Crippen LogP contribution in [0.3, 0.4) is 0 Å². The van der Waals surface area contributed by atoms with E-state index in [0.717, 1.165) is 16.7 Å². The molecule has 2 aromatic carbocycles. The molecule has 0 unspecified atom stereocenters. The van der Waals surface area contributed by atoms with E-state index >= 15 is 0 Å². The van der Waals surface area contributed by atoms with Crippen molar-refractivity contribution in [3.05, 3.63) is 69.7 Å². The van der Waals surface area contributed by atoms with E-state index in [2.05, 4.69) is 6.07 Å². The Morgan fingerprint density at radius 3 is 2.48 bits per heavy atom. The molecule has 5 heteroatoms. The summed E-state index contributed by atoms with van der Waals surface area (Å²) in [6, 6.07) is 13.6. The highest BCUT2D eigenvalue weighted by Crippen LogP contribution is 2.26. The molecule has 1 saturated heterocycles. The zero-order valence-corrected chi connectivity index (χ0v) is 16.4. The zero-order valence-electron chi connectivity index (χ0n) is 15.7. The van der Waals surface area contributed by atoms with E-state index in [1.165, 1.54) is 0 Å². The number of rotatable bonds is 5. The van der Waals surface area contributed by atoms with E-state index < -0.39 is 0 Å². The number of ether oxygens (including phenoxy) is 1. The number of nitrogens with zero attached hydrogens (tertiary/aromatic N) is 1. The molecule has 0 bridgehead atoms. The first-order valence-corrected chi connectivity index (χ1v) is 9.57. The van der Waals surface area contributed by atoms with Crippen molar-refractivity contribution >= 4 is 24.0 Å². The molecule has 0 radical (unpaired) electrons. The van der Waals surface area contributed by atoms with Crippen molar-refractivity contribution in [1.29, 1.82) is 0 Å². The van der Waals surface area contributed by atoms with Gasteiger partial charge in [0.2, 0.25) is 0 Å². The van der Waals surface area contributed by atoms with Crippen LogP contribution in [0.15, 0.2) is 42.5 Å². The Morgan fingerprint density at radius 1 is 1.19 bits per heavy atom. The first-order chi connectivity index (χ1) is 13.0. The lowest BCUT2D eigenvalue weighted by atomic mass is 9.92. The number of hydrogen-bond acceptors (Lipinski definition) is 3. The summed E-state index contributed by atoms with van der Waals surface area (Å²) in [6.45, 7) is 5.08. The third kappa shape index (κ3) is 4.89. The van der Waals surface area contributed by atoms with Crippen molar-refractivity contribution in [2.75, 3.05) is 6.54 Å². The molecule has 0 saturated carbocycles. The third-order valence-electron chi connectivity index (χ3n) is 5.03. The third-order valence-corrected chi connectivity index (χ3v) is 5.28. The summed E-state index contributed by atoms with van der Waals surface area (Å²) >= 11 is 5.98. The van der Waals surface area contributed by atoms with Gasteiger partial charge in [-0.1, -0.05) is 40.9 Å². The second kappa shape index (κ2) is 8.57. The number of piperidine rings is 1. The average Bonchev–Trinajstić information content (AvgIpc) is 2.63. The highest BCUT2D eigenvalue weighted by molar-refractivity contribution is 6.30. The van der Waals surface area contributed by atoms with Gasteiger partial charge in [0.05, 0.1) is 0 Å². The van der Waals surface area contributed by atoms with Crippen LogP contribution in [0.4, 0.5) is 0 Å². The predicted octanol–water partition coefficient (Wildman–Crippen LogP) is 4.35. The van der Waals surface area contributed by atoms with Crippen LogP contribution in [0.25, 0.3) is 0 Å². The largest absolute Gasteiger partial charge is 0.464 e. The van der Waals surface area contributed by atoms with Gasteiger partial charge in [0.25, 0.3) is 12.4 Å². The second-order valence-electron chi connectivity index (χ2n) is 7.24. The van der Waals surface area contributed by atoms with Crippen LogP contribution in [-0.4, -0.2) is 36.0 Å². The molecular weight excluding hydrogens is 362 g/mol. The normalized spacial score (nSPS) is 19.6. The van der Waals surface area contributed by atoms with Crippen LogP contribution < -0.4 is 0 Å². The molecule has 0 aliphatic carbocycles. The summed E-state index contributed by atoms with van der Waals surface area (Å²) in [6.07, 6.45) is 1.85. The first-order valence-electron chi connectivity index (χ1n) is 9.19. The van der Waals surface area contributed by atoms with Crippen LogP contribution >= 0.6 is 11.6 Å². The molecule has 1 fully saturated rings. The maximum Gasteiger partial charge on any atom is 0.293 e. The zero-order chi connectivity index (χ0) is 19.4. The molecule has 1 aliphatic heterocycles. The first kappa shape index (κ1) is 19.4. The maximum absolute atomic E-state index is 13.2. The van der Waals surface area contributed by atoms with Crippen LogP contribution in [0.2, 0.25) is 5.02 Å². The fourth-order valence-corrected chi connectivity index (χ4v) is 3.96. The summed E-state index contributed by atoms with van der Waals surface area (Å²) in [4.78, 5) is 25.9. The summed E-state index contributed by atoms with van der Waals surface area (Å²) in [7, 11) is 0. The van der Waals surface area contributed by atoms with Gasteiger partial charge in [-0.3, -0.25) is 9.59 Å². The standard InChI is InChI=1S/C22H24ClNO3/c1-15-9-16(2)11-18(10-15)22(26)24-8-7-21(27-14-25)13-20(24)12-17-3-5-19(23)6-4-17/h3-6,9-11,14,20-21H,7-8,12-13H2,1-2H3/t20-,21+/m1/s1. The maximum atomic E-state index is 13.2. The SMILES string of the molecule is Cc1cc(C)cc(C(=O)N2CC[C@H](OC=O)C[C@H]2Cc2ccc(Cl)cc2)c1. The van der Waals surface area contributed by atoms with E-state index in [0.29, 0.717) is 42.9 Å². The van der Waals surface area contributed by atoms with Gasteiger partial charge in [-0.15, -0.1) is 0 Å². The van der Waals surface area contributed by atoms with E-state index in [1.54, 1.807) is 0 Å². The molecule has 0 aromatic heterocycles. The number of halogens is 1. The number of aryl methyl sites for hydroxylation is 2. The van der Waals surface area contributed by atoms with Gasteiger partial charge in [0, 0.05) is 36.0 Å². The van der Waals surface area contributed by atoms with Gasteiger partial charge in [0.15, 0.2) is 0 Å². The number of benzene rings is 2. The van der Waals surface area contributed by atoms with Crippen molar-refractivity contribution in [2.24, 2.45) is 0 Å². The topological polar surface area (TPSA) is 46.6 Å². The van der Waals surface area contributed by atoms with E-state index in [1.807, 2.05) is 55.1 Å². The fourth-order valence-electron chi connectivity index (χ4n) is 3.83. The lowest BCUT2D eigenvalue weighted by Gasteiger charge is -2.39. The lowest BCUT2D eigenvalue weighted by Crippen LogP contribution is -2.49. The van der Waals surface area contributed by atoms with Crippen LogP contribution in [-0.2, 0) is 16.0 Å². The smallest absolute Gasteiger partial charge is 0.293 e. The summed E-state index contributed by atoms with van der Waals surface area (Å²) < 4.78 is 5.20. The fraction of sp³-hybridized carbons (Fsp3) is 0.364. The molecule has 0 N–H and O–H groups in total. The molecule has 1 amide bonds. The quantitative estimate of drug-likeness (QED) is 0.719. The predicted molar refractivity (Wildman–Crippen MR) is 106 cm³/mol. The monoisotopic (exact) mass is 385 g/mol. The number of amides is 1. The van der Waals surface area contributed by atoms with E-state index in [-0.39, 0.29) is 18.1 Å². The molecule has 2 aromatic rings. The van der Waals surface area contributed by atoms with Crippen LogP contribution in [0.5, 0.6) is 0 Å². The molecule has 3 rings (SSSR count). The number of carbonyl (C=O) groups excluding carboxylic acids is 2. The molecule has 2 atom stereocenters. The van der Waals surface area contributed by atoms with Gasteiger partial charge in [-0.05, 0) is 50.1 Å². The minimum absolute atomic E-state index is 0.0295. The summed E-state index contributed by atoms with van der Waals surface area (Å²) in [5.74, 6) is 0.0327. The number of likely N-dealkylation sites (tertiary alicyclic amines) is 1. The Kier molecular flexibility index (Phi) is 6.17. The van der Waals surface area contributed by atoms with Crippen molar-refractivity contribution in [1.82, 2.24) is 4.90 Å². The molecular formula is C22H24ClNO3. The van der Waals surface area contributed by atoms with Crippen LogP contribution in [0.1, 0.15) is 39.9 Å². The molecule has 1 heterocycles. The van der Waals surface area contributed by atoms with Crippen molar-refractivity contribution in [3.63, 3.8) is 0 Å². The Balaban J connectivity index is 1.84. The number of carbonyl (C=O) groups is 2. The van der Waals surface area contributed by atoms with Gasteiger partial charge in [0.1, 0.15) is 6.10 Å². The van der Waals surface area contributed by atoms with E-state index in [4.69, 9.17) is 16.3 Å².